The predicted octanol–water partition coefficient (Wildman–Crippen LogP) is 2.56. The summed E-state index contributed by atoms with van der Waals surface area (Å²) in [5.74, 6) is 2.71. The summed E-state index contributed by atoms with van der Waals surface area (Å²) in [6.45, 7) is 11.9. The lowest BCUT2D eigenvalue weighted by Gasteiger charge is -2.27. The average Bonchev–Trinajstić information content (AvgIpc) is 2.86. The number of nitrogens with one attached hydrogen (secondary N) is 1. The van der Waals surface area contributed by atoms with E-state index in [-0.39, 0.29) is 0 Å². The first-order valence-corrected chi connectivity index (χ1v) is 7.92. The van der Waals surface area contributed by atoms with E-state index in [2.05, 4.69) is 47.0 Å². The number of aryl methyl sites for hydroxylation is 2. The smallest absolute Gasteiger partial charge is 0.132 e. The fraction of sp³-hybridized carbons (Fsp3) is 0.750. The van der Waals surface area contributed by atoms with Crippen LogP contribution in [0, 0.1) is 12.8 Å². The zero-order valence-electron chi connectivity index (χ0n) is 13.3. The maximum Gasteiger partial charge on any atom is 0.132 e. The second-order valence-corrected chi connectivity index (χ2v) is 6.16. The highest BCUT2D eigenvalue weighted by atomic mass is 15.2. The minimum atomic E-state index is 0.577. The molecule has 0 bridgehead atoms. The standard InChI is InChI=1S/C16H28N4/c1-5-14-9-16(19-13(4)18-14)20-8-6-7-15(20)11-17-10-12(2)3/h9,12,15,17H,5-8,10-11H2,1-4H3. The highest BCUT2D eigenvalue weighted by Gasteiger charge is 2.25. The van der Waals surface area contributed by atoms with Crippen LogP contribution in [0.15, 0.2) is 6.07 Å². The third-order valence-electron chi connectivity index (χ3n) is 3.84. The number of rotatable bonds is 6. The Morgan fingerprint density at radius 2 is 2.20 bits per heavy atom. The van der Waals surface area contributed by atoms with Gasteiger partial charge in [-0.3, -0.25) is 0 Å². The van der Waals surface area contributed by atoms with Crippen LogP contribution in [0.2, 0.25) is 0 Å². The van der Waals surface area contributed by atoms with Crippen molar-refractivity contribution in [3.63, 3.8) is 0 Å². The molecule has 1 saturated heterocycles. The van der Waals surface area contributed by atoms with Crippen LogP contribution in [-0.2, 0) is 6.42 Å². The summed E-state index contributed by atoms with van der Waals surface area (Å²) in [7, 11) is 0. The van der Waals surface area contributed by atoms with Crippen LogP contribution < -0.4 is 10.2 Å². The molecule has 0 aromatic carbocycles. The summed E-state index contributed by atoms with van der Waals surface area (Å²) in [4.78, 5) is 11.6. The van der Waals surface area contributed by atoms with Crippen molar-refractivity contribution in [2.75, 3.05) is 24.5 Å². The highest BCUT2D eigenvalue weighted by molar-refractivity contribution is 5.42. The third-order valence-corrected chi connectivity index (χ3v) is 3.84. The molecule has 1 N–H and O–H groups in total. The normalized spacial score (nSPS) is 19.1. The molecule has 1 aliphatic rings. The van der Waals surface area contributed by atoms with E-state index in [9.17, 15) is 0 Å². The van der Waals surface area contributed by atoms with Crippen LogP contribution in [-0.4, -0.2) is 35.6 Å². The monoisotopic (exact) mass is 276 g/mol. The zero-order chi connectivity index (χ0) is 14.5. The minimum absolute atomic E-state index is 0.577. The van der Waals surface area contributed by atoms with Crippen molar-refractivity contribution in [1.82, 2.24) is 15.3 Å². The predicted molar refractivity (Wildman–Crippen MR) is 84.2 cm³/mol. The Hall–Kier alpha value is -1.16. The van der Waals surface area contributed by atoms with Gasteiger partial charge in [-0.25, -0.2) is 9.97 Å². The van der Waals surface area contributed by atoms with Gasteiger partial charge in [0.15, 0.2) is 0 Å². The number of hydrogen-bond donors (Lipinski definition) is 1. The van der Waals surface area contributed by atoms with Crippen LogP contribution in [0.4, 0.5) is 5.82 Å². The molecule has 2 rings (SSSR count). The first-order chi connectivity index (χ1) is 9.60. The van der Waals surface area contributed by atoms with Crippen LogP contribution in [0.1, 0.15) is 45.1 Å². The maximum absolute atomic E-state index is 4.64. The molecule has 0 aliphatic carbocycles. The van der Waals surface area contributed by atoms with E-state index < -0.39 is 0 Å². The van der Waals surface area contributed by atoms with Gasteiger partial charge in [0.1, 0.15) is 11.6 Å². The Bertz CT molecular complexity index is 430. The van der Waals surface area contributed by atoms with E-state index in [1.54, 1.807) is 0 Å². The largest absolute Gasteiger partial charge is 0.352 e. The molecule has 0 spiro atoms. The van der Waals surface area contributed by atoms with E-state index in [1.807, 2.05) is 6.92 Å². The van der Waals surface area contributed by atoms with Crippen molar-refractivity contribution in [2.45, 2.75) is 53.0 Å². The van der Waals surface area contributed by atoms with Gasteiger partial charge >= 0.3 is 0 Å². The molecule has 1 aromatic rings. The fourth-order valence-corrected chi connectivity index (χ4v) is 2.83. The lowest BCUT2D eigenvalue weighted by atomic mass is 10.2. The molecule has 0 radical (unpaired) electrons. The van der Waals surface area contributed by atoms with E-state index in [4.69, 9.17) is 0 Å². The van der Waals surface area contributed by atoms with Crippen molar-refractivity contribution in [3.05, 3.63) is 17.6 Å². The van der Waals surface area contributed by atoms with E-state index in [0.29, 0.717) is 12.0 Å². The Kier molecular flexibility index (Phi) is 5.35. The molecule has 0 saturated carbocycles. The first-order valence-electron chi connectivity index (χ1n) is 7.92. The zero-order valence-corrected chi connectivity index (χ0v) is 13.3. The number of anilines is 1. The third kappa shape index (κ3) is 3.92. The van der Waals surface area contributed by atoms with Crippen molar-refractivity contribution >= 4 is 5.82 Å². The highest BCUT2D eigenvalue weighted by Crippen LogP contribution is 2.24. The summed E-state index contributed by atoms with van der Waals surface area (Å²) in [5.41, 5.74) is 1.15. The van der Waals surface area contributed by atoms with Gasteiger partial charge in [-0.1, -0.05) is 20.8 Å². The molecule has 1 fully saturated rings. The van der Waals surface area contributed by atoms with Gasteiger partial charge in [-0.15, -0.1) is 0 Å². The summed E-state index contributed by atoms with van der Waals surface area (Å²) in [5, 5.41) is 3.58. The van der Waals surface area contributed by atoms with Crippen LogP contribution in [0.3, 0.4) is 0 Å². The second-order valence-electron chi connectivity index (χ2n) is 6.16. The molecule has 4 heteroatoms. The molecular weight excluding hydrogens is 248 g/mol. The van der Waals surface area contributed by atoms with Gasteiger partial charge in [-0.05, 0) is 38.6 Å². The molecule has 1 atom stereocenters. The summed E-state index contributed by atoms with van der Waals surface area (Å²) in [6, 6.07) is 2.74. The van der Waals surface area contributed by atoms with E-state index >= 15 is 0 Å². The summed E-state index contributed by atoms with van der Waals surface area (Å²) < 4.78 is 0. The number of hydrogen-bond acceptors (Lipinski definition) is 4. The Morgan fingerprint density at radius 1 is 1.40 bits per heavy atom. The second kappa shape index (κ2) is 7.02. The van der Waals surface area contributed by atoms with Crippen LogP contribution >= 0.6 is 0 Å². The molecule has 4 nitrogen and oxygen atoms in total. The van der Waals surface area contributed by atoms with Gasteiger partial charge in [-0.2, -0.15) is 0 Å². The molecule has 20 heavy (non-hydrogen) atoms. The van der Waals surface area contributed by atoms with Crippen molar-refractivity contribution in [2.24, 2.45) is 5.92 Å². The number of nitrogens with zero attached hydrogens (tertiary/aromatic N) is 3. The maximum atomic E-state index is 4.64. The van der Waals surface area contributed by atoms with Gasteiger partial charge in [0, 0.05) is 30.9 Å². The van der Waals surface area contributed by atoms with Crippen molar-refractivity contribution < 1.29 is 0 Å². The quantitative estimate of drug-likeness (QED) is 0.867. The SMILES string of the molecule is CCc1cc(N2CCCC2CNCC(C)C)nc(C)n1. The van der Waals surface area contributed by atoms with Crippen molar-refractivity contribution in [1.29, 1.82) is 0 Å². The van der Waals surface area contributed by atoms with Gasteiger partial charge in [0.05, 0.1) is 0 Å². The minimum Gasteiger partial charge on any atom is -0.352 e. The van der Waals surface area contributed by atoms with Crippen molar-refractivity contribution in [3.8, 4) is 0 Å². The molecule has 2 heterocycles. The lowest BCUT2D eigenvalue weighted by molar-refractivity contribution is 0.511. The molecule has 0 amide bonds. The topological polar surface area (TPSA) is 41.0 Å². The Morgan fingerprint density at radius 3 is 2.90 bits per heavy atom. The van der Waals surface area contributed by atoms with Gasteiger partial charge in [0.2, 0.25) is 0 Å². The van der Waals surface area contributed by atoms with E-state index in [0.717, 1.165) is 43.4 Å². The molecular formula is C16H28N4. The number of aromatic nitrogens is 2. The van der Waals surface area contributed by atoms with Gasteiger partial charge in [0.25, 0.3) is 0 Å². The fourth-order valence-electron chi connectivity index (χ4n) is 2.83. The molecule has 1 aliphatic heterocycles. The summed E-state index contributed by atoms with van der Waals surface area (Å²) in [6.07, 6.45) is 3.49. The van der Waals surface area contributed by atoms with Crippen LogP contribution in [0.5, 0.6) is 0 Å². The first kappa shape index (κ1) is 15.2. The van der Waals surface area contributed by atoms with Gasteiger partial charge < -0.3 is 10.2 Å². The lowest BCUT2D eigenvalue weighted by Crippen LogP contribution is -2.39. The molecule has 1 aromatic heterocycles. The summed E-state index contributed by atoms with van der Waals surface area (Å²) >= 11 is 0. The Labute approximate surface area is 123 Å². The van der Waals surface area contributed by atoms with Crippen LogP contribution in [0.25, 0.3) is 0 Å². The molecule has 112 valence electrons. The molecule has 1 unspecified atom stereocenters. The Balaban J connectivity index is 2.04. The average molecular weight is 276 g/mol. The van der Waals surface area contributed by atoms with E-state index in [1.165, 1.54) is 12.8 Å².